The molecule has 0 atom stereocenters. The summed E-state index contributed by atoms with van der Waals surface area (Å²) >= 11 is 0. The molecule has 0 spiro atoms. The third-order valence-electron chi connectivity index (χ3n) is 3.16. The number of benzene rings is 1. The maximum atomic E-state index is 4.45. The average Bonchev–Trinajstić information content (AvgIpc) is 2.41. The van der Waals surface area contributed by atoms with Crippen molar-refractivity contribution in [2.75, 3.05) is 17.2 Å². The highest BCUT2D eigenvalue weighted by Crippen LogP contribution is 2.24. The minimum absolute atomic E-state index is 0.513. The summed E-state index contributed by atoms with van der Waals surface area (Å²) < 4.78 is 0. The van der Waals surface area contributed by atoms with E-state index in [1.165, 1.54) is 16.7 Å². The SMILES string of the molecule is Cc1cc(C)c(Nc2nncc(NCC(C)C)n2)c(C)c1. The van der Waals surface area contributed by atoms with Gasteiger partial charge in [-0.25, -0.2) is 0 Å². The molecular formula is C16H23N5. The summed E-state index contributed by atoms with van der Waals surface area (Å²) in [6.07, 6.45) is 1.64. The van der Waals surface area contributed by atoms with E-state index in [0.717, 1.165) is 18.1 Å². The lowest BCUT2D eigenvalue weighted by molar-refractivity contribution is 0.686. The Morgan fingerprint density at radius 2 is 1.76 bits per heavy atom. The summed E-state index contributed by atoms with van der Waals surface area (Å²) in [6, 6.07) is 4.28. The first-order valence-electron chi connectivity index (χ1n) is 7.24. The maximum Gasteiger partial charge on any atom is 0.249 e. The second-order valence-corrected chi connectivity index (χ2v) is 5.84. The van der Waals surface area contributed by atoms with Crippen molar-refractivity contribution >= 4 is 17.5 Å². The minimum Gasteiger partial charge on any atom is -0.368 e. The molecule has 5 heteroatoms. The van der Waals surface area contributed by atoms with Crippen molar-refractivity contribution in [3.8, 4) is 0 Å². The third-order valence-corrected chi connectivity index (χ3v) is 3.16. The van der Waals surface area contributed by atoms with Crippen molar-refractivity contribution in [2.45, 2.75) is 34.6 Å². The highest BCUT2D eigenvalue weighted by Gasteiger charge is 2.07. The Kier molecular flexibility index (Phi) is 4.73. The number of nitrogens with one attached hydrogen (secondary N) is 2. The van der Waals surface area contributed by atoms with E-state index in [9.17, 15) is 0 Å². The average molecular weight is 285 g/mol. The van der Waals surface area contributed by atoms with Crippen LogP contribution in [0.3, 0.4) is 0 Å². The van der Waals surface area contributed by atoms with E-state index in [1.54, 1.807) is 6.20 Å². The first-order valence-corrected chi connectivity index (χ1v) is 7.24. The van der Waals surface area contributed by atoms with Gasteiger partial charge < -0.3 is 10.6 Å². The van der Waals surface area contributed by atoms with E-state index < -0.39 is 0 Å². The van der Waals surface area contributed by atoms with Gasteiger partial charge in [-0.2, -0.15) is 10.1 Å². The van der Waals surface area contributed by atoms with Crippen LogP contribution in [0, 0.1) is 26.7 Å². The molecular weight excluding hydrogens is 262 g/mol. The normalized spacial score (nSPS) is 10.8. The molecule has 1 aromatic heterocycles. The largest absolute Gasteiger partial charge is 0.368 e. The quantitative estimate of drug-likeness (QED) is 0.878. The first-order chi connectivity index (χ1) is 9.95. The number of nitrogens with zero attached hydrogens (tertiary/aromatic N) is 3. The van der Waals surface area contributed by atoms with Crippen LogP contribution < -0.4 is 10.6 Å². The third kappa shape index (κ3) is 4.15. The molecule has 1 aromatic carbocycles. The molecule has 5 nitrogen and oxygen atoms in total. The molecule has 21 heavy (non-hydrogen) atoms. The van der Waals surface area contributed by atoms with Gasteiger partial charge in [0.2, 0.25) is 5.95 Å². The van der Waals surface area contributed by atoms with E-state index in [0.29, 0.717) is 11.9 Å². The highest BCUT2D eigenvalue weighted by molar-refractivity contribution is 5.64. The second-order valence-electron chi connectivity index (χ2n) is 5.84. The van der Waals surface area contributed by atoms with Gasteiger partial charge in [0, 0.05) is 12.2 Å². The molecule has 2 rings (SSSR count). The summed E-state index contributed by atoms with van der Waals surface area (Å²) in [5, 5.41) is 14.6. The molecule has 0 amide bonds. The summed E-state index contributed by atoms with van der Waals surface area (Å²) in [5.74, 6) is 1.81. The van der Waals surface area contributed by atoms with Crippen LogP contribution in [-0.4, -0.2) is 21.7 Å². The molecule has 0 aliphatic rings. The molecule has 0 saturated carbocycles. The van der Waals surface area contributed by atoms with Crippen LogP contribution in [0.15, 0.2) is 18.3 Å². The highest BCUT2D eigenvalue weighted by atomic mass is 15.3. The fraction of sp³-hybridized carbons (Fsp3) is 0.438. The summed E-state index contributed by atoms with van der Waals surface area (Å²) in [6.45, 7) is 11.4. The van der Waals surface area contributed by atoms with Gasteiger partial charge in [0.15, 0.2) is 5.82 Å². The molecule has 0 bridgehead atoms. The fourth-order valence-electron chi connectivity index (χ4n) is 2.24. The van der Waals surface area contributed by atoms with Gasteiger partial charge in [-0.15, -0.1) is 5.10 Å². The smallest absolute Gasteiger partial charge is 0.249 e. The van der Waals surface area contributed by atoms with E-state index in [2.05, 4.69) is 72.6 Å². The van der Waals surface area contributed by atoms with E-state index in [-0.39, 0.29) is 0 Å². The van der Waals surface area contributed by atoms with Gasteiger partial charge in [-0.05, 0) is 37.8 Å². The predicted molar refractivity (Wildman–Crippen MR) is 87.1 cm³/mol. The molecule has 0 radical (unpaired) electrons. The lowest BCUT2D eigenvalue weighted by atomic mass is 10.1. The molecule has 0 aliphatic carbocycles. The van der Waals surface area contributed by atoms with Crippen molar-refractivity contribution in [3.63, 3.8) is 0 Å². The van der Waals surface area contributed by atoms with Gasteiger partial charge in [-0.3, -0.25) is 0 Å². The van der Waals surface area contributed by atoms with Gasteiger partial charge in [0.1, 0.15) is 0 Å². The topological polar surface area (TPSA) is 62.7 Å². The zero-order valence-corrected chi connectivity index (χ0v) is 13.4. The number of hydrogen-bond donors (Lipinski definition) is 2. The number of aryl methyl sites for hydroxylation is 3. The Bertz CT molecular complexity index is 599. The second kappa shape index (κ2) is 6.52. The lowest BCUT2D eigenvalue weighted by Crippen LogP contribution is -2.11. The van der Waals surface area contributed by atoms with Crippen LogP contribution in [-0.2, 0) is 0 Å². The number of hydrogen-bond acceptors (Lipinski definition) is 5. The zero-order valence-electron chi connectivity index (χ0n) is 13.4. The van der Waals surface area contributed by atoms with Crippen molar-refractivity contribution in [2.24, 2.45) is 5.92 Å². The Morgan fingerprint density at radius 1 is 1.10 bits per heavy atom. The maximum absolute atomic E-state index is 4.45. The van der Waals surface area contributed by atoms with Crippen molar-refractivity contribution in [1.29, 1.82) is 0 Å². The molecule has 2 aromatic rings. The Morgan fingerprint density at radius 3 is 2.38 bits per heavy atom. The van der Waals surface area contributed by atoms with Crippen molar-refractivity contribution in [3.05, 3.63) is 35.0 Å². The van der Waals surface area contributed by atoms with E-state index in [4.69, 9.17) is 0 Å². The Hall–Kier alpha value is -2.17. The van der Waals surface area contributed by atoms with E-state index in [1.807, 2.05) is 0 Å². The van der Waals surface area contributed by atoms with Crippen LogP contribution in [0.5, 0.6) is 0 Å². The van der Waals surface area contributed by atoms with Crippen LogP contribution >= 0.6 is 0 Å². The van der Waals surface area contributed by atoms with Crippen LogP contribution in [0.25, 0.3) is 0 Å². The molecule has 0 saturated heterocycles. The van der Waals surface area contributed by atoms with Gasteiger partial charge >= 0.3 is 0 Å². The Labute approximate surface area is 126 Å². The number of rotatable bonds is 5. The zero-order chi connectivity index (χ0) is 15.4. The summed E-state index contributed by atoms with van der Waals surface area (Å²) in [4.78, 5) is 4.45. The van der Waals surface area contributed by atoms with Gasteiger partial charge in [-0.1, -0.05) is 31.5 Å². The summed E-state index contributed by atoms with van der Waals surface area (Å²) in [5.41, 5.74) is 4.65. The van der Waals surface area contributed by atoms with Crippen LogP contribution in [0.4, 0.5) is 17.5 Å². The molecule has 0 aliphatic heterocycles. The Balaban J connectivity index is 2.18. The molecule has 1 heterocycles. The molecule has 0 unspecified atom stereocenters. The lowest BCUT2D eigenvalue weighted by Gasteiger charge is -2.13. The van der Waals surface area contributed by atoms with Gasteiger partial charge in [0.25, 0.3) is 0 Å². The van der Waals surface area contributed by atoms with Crippen LogP contribution in [0.2, 0.25) is 0 Å². The fourth-order valence-corrected chi connectivity index (χ4v) is 2.24. The summed E-state index contributed by atoms with van der Waals surface area (Å²) in [7, 11) is 0. The van der Waals surface area contributed by atoms with Gasteiger partial charge in [0.05, 0.1) is 6.20 Å². The molecule has 112 valence electrons. The molecule has 0 fully saturated rings. The predicted octanol–water partition coefficient (Wildman–Crippen LogP) is 3.61. The van der Waals surface area contributed by atoms with Crippen LogP contribution in [0.1, 0.15) is 30.5 Å². The molecule has 2 N–H and O–H groups in total. The van der Waals surface area contributed by atoms with Crippen molar-refractivity contribution < 1.29 is 0 Å². The number of anilines is 3. The standard InChI is InChI=1S/C16H23N5/c1-10(2)8-17-14-9-18-21-16(19-14)20-15-12(4)6-11(3)7-13(15)5/h6-7,9-10H,8H2,1-5H3,(H2,17,19,20,21). The van der Waals surface area contributed by atoms with E-state index >= 15 is 0 Å². The van der Waals surface area contributed by atoms with Crippen molar-refractivity contribution in [1.82, 2.24) is 15.2 Å². The monoisotopic (exact) mass is 285 g/mol. The first kappa shape index (κ1) is 15.2. The number of aromatic nitrogens is 3. The minimum atomic E-state index is 0.513.